The first kappa shape index (κ1) is 9.49. The van der Waals surface area contributed by atoms with Gasteiger partial charge in [-0.15, -0.1) is 0 Å². The molecule has 2 saturated heterocycles. The standard InChI is InChI=1S/C10H16N2O2/c1-2-6-12-9(13)8-5-3-4-7-11(8)10(12)14/h8H,2-7H2,1H3. The fraction of sp³-hybridized carbons (Fsp3) is 0.800. The second kappa shape index (κ2) is 3.59. The summed E-state index contributed by atoms with van der Waals surface area (Å²) in [4.78, 5) is 26.7. The molecule has 2 heterocycles. The van der Waals surface area contributed by atoms with Gasteiger partial charge in [-0.05, 0) is 25.7 Å². The highest BCUT2D eigenvalue weighted by molar-refractivity contribution is 6.04. The van der Waals surface area contributed by atoms with Gasteiger partial charge in [-0.25, -0.2) is 4.79 Å². The Hall–Kier alpha value is -1.06. The van der Waals surface area contributed by atoms with Gasteiger partial charge >= 0.3 is 6.03 Å². The summed E-state index contributed by atoms with van der Waals surface area (Å²) >= 11 is 0. The molecule has 1 atom stereocenters. The summed E-state index contributed by atoms with van der Waals surface area (Å²) in [5.41, 5.74) is 0. The molecule has 0 N–H and O–H groups in total. The largest absolute Gasteiger partial charge is 0.327 e. The van der Waals surface area contributed by atoms with Crippen LogP contribution in [0.3, 0.4) is 0 Å². The quantitative estimate of drug-likeness (QED) is 0.623. The molecule has 3 amide bonds. The van der Waals surface area contributed by atoms with Gasteiger partial charge in [0.05, 0.1) is 0 Å². The number of hydrogen-bond donors (Lipinski definition) is 0. The molecule has 2 aliphatic rings. The minimum Gasteiger partial charge on any atom is -0.312 e. The van der Waals surface area contributed by atoms with Crippen LogP contribution < -0.4 is 0 Å². The summed E-state index contributed by atoms with van der Waals surface area (Å²) < 4.78 is 0. The van der Waals surface area contributed by atoms with Crippen LogP contribution in [0.2, 0.25) is 0 Å². The van der Waals surface area contributed by atoms with E-state index in [1.807, 2.05) is 6.92 Å². The van der Waals surface area contributed by atoms with Crippen LogP contribution in [0.15, 0.2) is 0 Å². The lowest BCUT2D eigenvalue weighted by atomic mass is 10.0. The molecule has 14 heavy (non-hydrogen) atoms. The normalized spacial score (nSPS) is 27.1. The van der Waals surface area contributed by atoms with Gasteiger partial charge in [-0.2, -0.15) is 0 Å². The molecule has 0 radical (unpaired) electrons. The van der Waals surface area contributed by atoms with Crippen LogP contribution in [-0.4, -0.2) is 40.9 Å². The number of piperidine rings is 1. The van der Waals surface area contributed by atoms with E-state index in [-0.39, 0.29) is 18.0 Å². The SMILES string of the molecule is CCCN1C(=O)C2CCCCN2C1=O. The maximum Gasteiger partial charge on any atom is 0.327 e. The van der Waals surface area contributed by atoms with Gasteiger partial charge in [-0.3, -0.25) is 9.69 Å². The second-order valence-corrected chi connectivity index (χ2v) is 3.98. The summed E-state index contributed by atoms with van der Waals surface area (Å²) in [6.07, 6.45) is 3.80. The molecular formula is C10H16N2O2. The number of nitrogens with zero attached hydrogens (tertiary/aromatic N) is 2. The highest BCUT2D eigenvalue weighted by atomic mass is 16.2. The molecule has 0 bridgehead atoms. The van der Waals surface area contributed by atoms with Gasteiger partial charge < -0.3 is 4.90 Å². The minimum absolute atomic E-state index is 0.0246. The molecule has 0 spiro atoms. The van der Waals surface area contributed by atoms with Crippen molar-refractivity contribution < 1.29 is 9.59 Å². The first-order valence-electron chi connectivity index (χ1n) is 5.37. The smallest absolute Gasteiger partial charge is 0.312 e. The van der Waals surface area contributed by atoms with Gasteiger partial charge in [0.25, 0.3) is 5.91 Å². The number of amides is 3. The average molecular weight is 196 g/mol. The summed E-state index contributed by atoms with van der Waals surface area (Å²) in [5.74, 6) is 0.0246. The van der Waals surface area contributed by atoms with Crippen LogP contribution in [0, 0.1) is 0 Å². The number of rotatable bonds is 2. The van der Waals surface area contributed by atoms with Crippen molar-refractivity contribution >= 4 is 11.9 Å². The summed E-state index contributed by atoms with van der Waals surface area (Å²) in [5, 5.41) is 0. The zero-order valence-corrected chi connectivity index (χ0v) is 8.53. The number of carbonyl (C=O) groups is 2. The highest BCUT2D eigenvalue weighted by Crippen LogP contribution is 2.26. The Kier molecular flexibility index (Phi) is 2.44. The van der Waals surface area contributed by atoms with E-state index >= 15 is 0 Å². The molecule has 2 fully saturated rings. The van der Waals surface area contributed by atoms with E-state index in [2.05, 4.69) is 0 Å². The number of fused-ring (bicyclic) bond motifs is 1. The molecule has 4 heteroatoms. The summed E-state index contributed by atoms with van der Waals surface area (Å²) in [7, 11) is 0. The molecule has 0 saturated carbocycles. The van der Waals surface area contributed by atoms with E-state index in [1.54, 1.807) is 4.90 Å². The Morgan fingerprint density at radius 3 is 2.79 bits per heavy atom. The lowest BCUT2D eigenvalue weighted by Crippen LogP contribution is -2.39. The van der Waals surface area contributed by atoms with Crippen LogP contribution in [0.25, 0.3) is 0 Å². The van der Waals surface area contributed by atoms with Crippen LogP contribution in [0.1, 0.15) is 32.6 Å². The third-order valence-corrected chi connectivity index (χ3v) is 2.98. The Morgan fingerprint density at radius 2 is 2.14 bits per heavy atom. The number of urea groups is 1. The van der Waals surface area contributed by atoms with Crippen LogP contribution >= 0.6 is 0 Å². The van der Waals surface area contributed by atoms with Crippen molar-refractivity contribution in [2.24, 2.45) is 0 Å². The zero-order chi connectivity index (χ0) is 10.1. The Bertz CT molecular complexity index is 241. The topological polar surface area (TPSA) is 40.6 Å². The van der Waals surface area contributed by atoms with E-state index in [9.17, 15) is 9.59 Å². The van der Waals surface area contributed by atoms with Crippen molar-refractivity contribution in [2.75, 3.05) is 13.1 Å². The first-order valence-corrected chi connectivity index (χ1v) is 5.37. The Morgan fingerprint density at radius 1 is 1.36 bits per heavy atom. The van der Waals surface area contributed by atoms with Crippen molar-refractivity contribution in [1.82, 2.24) is 9.80 Å². The van der Waals surface area contributed by atoms with Crippen molar-refractivity contribution in [2.45, 2.75) is 38.6 Å². The zero-order valence-electron chi connectivity index (χ0n) is 8.53. The van der Waals surface area contributed by atoms with E-state index in [0.717, 1.165) is 32.2 Å². The minimum atomic E-state index is -0.136. The predicted molar refractivity (Wildman–Crippen MR) is 51.7 cm³/mol. The molecule has 0 aliphatic carbocycles. The number of imide groups is 1. The third-order valence-electron chi connectivity index (χ3n) is 2.98. The first-order chi connectivity index (χ1) is 6.75. The second-order valence-electron chi connectivity index (χ2n) is 3.98. The molecule has 78 valence electrons. The summed E-state index contributed by atoms with van der Waals surface area (Å²) in [6, 6.07) is -0.204. The van der Waals surface area contributed by atoms with Gasteiger partial charge in [0.2, 0.25) is 0 Å². The van der Waals surface area contributed by atoms with Gasteiger partial charge in [-0.1, -0.05) is 6.92 Å². The van der Waals surface area contributed by atoms with Gasteiger partial charge in [0, 0.05) is 13.1 Å². The van der Waals surface area contributed by atoms with E-state index in [1.165, 1.54) is 4.90 Å². The molecule has 2 aliphatic heterocycles. The molecule has 1 unspecified atom stereocenters. The van der Waals surface area contributed by atoms with Crippen molar-refractivity contribution in [3.63, 3.8) is 0 Å². The van der Waals surface area contributed by atoms with E-state index in [4.69, 9.17) is 0 Å². The van der Waals surface area contributed by atoms with Crippen molar-refractivity contribution in [3.8, 4) is 0 Å². The number of carbonyl (C=O) groups excluding carboxylic acids is 2. The lowest BCUT2D eigenvalue weighted by molar-refractivity contribution is -0.128. The maximum atomic E-state index is 11.8. The molecule has 2 rings (SSSR count). The average Bonchev–Trinajstić information content (AvgIpc) is 2.45. The third kappa shape index (κ3) is 1.29. The number of hydrogen-bond acceptors (Lipinski definition) is 2. The van der Waals surface area contributed by atoms with Crippen molar-refractivity contribution in [3.05, 3.63) is 0 Å². The summed E-state index contributed by atoms with van der Waals surface area (Å²) in [6.45, 7) is 3.32. The Balaban J connectivity index is 2.15. The predicted octanol–water partition coefficient (Wildman–Crippen LogP) is 1.21. The van der Waals surface area contributed by atoms with Gasteiger partial charge in [0.15, 0.2) is 0 Å². The van der Waals surface area contributed by atoms with Crippen LogP contribution in [0.4, 0.5) is 4.79 Å². The fourth-order valence-corrected chi connectivity index (χ4v) is 2.28. The fourth-order valence-electron chi connectivity index (χ4n) is 2.28. The van der Waals surface area contributed by atoms with Crippen LogP contribution in [0.5, 0.6) is 0 Å². The monoisotopic (exact) mass is 196 g/mol. The lowest BCUT2D eigenvalue weighted by Gasteiger charge is -2.26. The van der Waals surface area contributed by atoms with Gasteiger partial charge in [0.1, 0.15) is 6.04 Å². The molecule has 0 aromatic heterocycles. The van der Waals surface area contributed by atoms with E-state index in [0.29, 0.717) is 6.54 Å². The molecule has 0 aromatic carbocycles. The highest BCUT2D eigenvalue weighted by Gasteiger charge is 2.45. The van der Waals surface area contributed by atoms with Crippen LogP contribution in [-0.2, 0) is 4.79 Å². The molecular weight excluding hydrogens is 180 g/mol. The van der Waals surface area contributed by atoms with E-state index < -0.39 is 0 Å². The van der Waals surface area contributed by atoms with Crippen molar-refractivity contribution in [1.29, 1.82) is 0 Å². The molecule has 0 aromatic rings. The Labute approximate surface area is 83.9 Å². The molecule has 4 nitrogen and oxygen atoms in total. The maximum absolute atomic E-state index is 11.8.